The van der Waals surface area contributed by atoms with Crippen LogP contribution in [0.2, 0.25) is 0 Å². The third-order valence-corrected chi connectivity index (χ3v) is 15.8. The van der Waals surface area contributed by atoms with Crippen LogP contribution in [0.25, 0.3) is 0 Å². The number of carbonyl (C=O) groups is 6. The quantitative estimate of drug-likeness (QED) is 0.0736. The molecule has 66 heavy (non-hydrogen) atoms. The summed E-state index contributed by atoms with van der Waals surface area (Å²) in [6, 6.07) is 4.53. The number of nitrogens with two attached hydrogens (primary N) is 1. The van der Waals surface area contributed by atoms with Gasteiger partial charge in [0, 0.05) is 40.6 Å². The van der Waals surface area contributed by atoms with E-state index in [1.54, 1.807) is 56.7 Å². The number of ether oxygens (including phenoxy) is 3. The van der Waals surface area contributed by atoms with Gasteiger partial charge >= 0.3 is 12.1 Å². The summed E-state index contributed by atoms with van der Waals surface area (Å²) >= 11 is 0. The Morgan fingerprint density at radius 2 is 1.55 bits per heavy atom. The summed E-state index contributed by atoms with van der Waals surface area (Å²) in [6.45, 7) is 18.8. The van der Waals surface area contributed by atoms with Gasteiger partial charge < -0.3 is 50.6 Å². The van der Waals surface area contributed by atoms with Crippen LogP contribution >= 0.6 is 21.6 Å². The van der Waals surface area contributed by atoms with E-state index in [0.717, 1.165) is 0 Å². The number of aliphatic hydroxyl groups excluding tert-OH is 1. The molecule has 0 spiro atoms. The zero-order chi connectivity index (χ0) is 50.2. The maximum atomic E-state index is 14.6. The molecule has 1 aromatic rings. The van der Waals surface area contributed by atoms with Gasteiger partial charge in [0.2, 0.25) is 23.6 Å². The molecule has 0 aromatic heterocycles. The fraction of sp³-hybridized carbons (Fsp3) is 0.745. The van der Waals surface area contributed by atoms with Crippen LogP contribution < -0.4 is 16.4 Å². The van der Waals surface area contributed by atoms with Crippen molar-refractivity contribution in [2.24, 2.45) is 29.4 Å². The molecular weight excluding hydrogens is 889 g/mol. The zero-order valence-corrected chi connectivity index (χ0v) is 43.3. The summed E-state index contributed by atoms with van der Waals surface area (Å²) in [5.41, 5.74) is 6.29. The molecule has 2 rings (SSSR count). The smallest absolute Gasteiger partial charge is 0.410 e. The third-order valence-electron chi connectivity index (χ3n) is 12.5. The van der Waals surface area contributed by atoms with Gasteiger partial charge in [-0.3, -0.25) is 28.9 Å². The Hall–Kier alpha value is -3.62. The van der Waals surface area contributed by atoms with Crippen LogP contribution in [0.5, 0.6) is 0 Å². The lowest BCUT2D eigenvalue weighted by atomic mass is 9.89. The number of hydrogen-bond acceptors (Lipinski definition) is 13. The minimum Gasteiger partial charge on any atom is -0.480 e. The Morgan fingerprint density at radius 3 is 2.08 bits per heavy atom. The average Bonchev–Trinajstić information content (AvgIpc) is 3.76. The normalized spacial score (nSPS) is 18.8. The van der Waals surface area contributed by atoms with Crippen molar-refractivity contribution in [3.05, 3.63) is 35.9 Å². The van der Waals surface area contributed by atoms with Crippen LogP contribution in [0.4, 0.5) is 4.79 Å². The van der Waals surface area contributed by atoms with Crippen molar-refractivity contribution >= 4 is 57.3 Å². The number of aliphatic carboxylic acids is 1. The van der Waals surface area contributed by atoms with Crippen molar-refractivity contribution < 1.29 is 53.2 Å². The molecule has 1 aromatic carbocycles. The average molecular weight is 969 g/mol. The Kier molecular flexibility index (Phi) is 24.3. The van der Waals surface area contributed by atoms with E-state index in [0.29, 0.717) is 31.4 Å². The van der Waals surface area contributed by atoms with Gasteiger partial charge in [0.15, 0.2) is 0 Å². The summed E-state index contributed by atoms with van der Waals surface area (Å²) in [4.78, 5) is 85.6. The highest BCUT2D eigenvalue weighted by molar-refractivity contribution is 8.77. The molecule has 0 aliphatic carbocycles. The first-order chi connectivity index (χ1) is 30.8. The van der Waals surface area contributed by atoms with Crippen LogP contribution in [0.1, 0.15) is 107 Å². The van der Waals surface area contributed by atoms with E-state index in [1.165, 1.54) is 47.8 Å². The minimum absolute atomic E-state index is 0.0248. The van der Waals surface area contributed by atoms with E-state index in [-0.39, 0.29) is 54.3 Å². The number of benzene rings is 1. The van der Waals surface area contributed by atoms with E-state index >= 15 is 0 Å². The monoisotopic (exact) mass is 969 g/mol. The number of hydrogen-bond donors (Lipinski definition) is 5. The predicted molar refractivity (Wildman–Crippen MR) is 259 cm³/mol. The first-order valence-electron chi connectivity index (χ1n) is 23.0. The summed E-state index contributed by atoms with van der Waals surface area (Å²) in [7, 11) is 8.78. The molecule has 0 saturated carbocycles. The first kappa shape index (κ1) is 58.5. The van der Waals surface area contributed by atoms with Crippen LogP contribution in [-0.4, -0.2) is 161 Å². The van der Waals surface area contributed by atoms with Gasteiger partial charge in [-0.05, 0) is 56.9 Å². The first-order valence-corrected chi connectivity index (χ1v) is 25.3. The molecule has 6 N–H and O–H groups in total. The largest absolute Gasteiger partial charge is 0.480 e. The molecule has 1 saturated heterocycles. The number of aliphatic hydroxyl groups is 1. The van der Waals surface area contributed by atoms with E-state index in [1.807, 2.05) is 59.7 Å². The molecule has 376 valence electrons. The summed E-state index contributed by atoms with van der Waals surface area (Å²) in [6.07, 6.45) is -1.08. The number of likely N-dealkylation sites (N-methyl/N-ethyl adjacent to an activating group) is 2. The lowest BCUT2D eigenvalue weighted by molar-refractivity contribution is -0.148. The number of rotatable bonds is 27. The minimum atomic E-state index is -1.10. The lowest BCUT2D eigenvalue weighted by Crippen LogP contribution is -2.60. The van der Waals surface area contributed by atoms with Gasteiger partial charge in [-0.1, -0.05) is 107 Å². The van der Waals surface area contributed by atoms with Crippen LogP contribution in [-0.2, 0) is 38.2 Å². The number of carboxylic acids is 1. The Bertz CT molecular complexity index is 1730. The molecule has 5 amide bonds. The number of nitrogens with one attached hydrogen (secondary N) is 2. The standard InChI is InChI=1S/C47H80N6O11S2/c1-15-29(6)39(35(62-13)24-36(54)53-23-19-22-34(53)41(63-14)30(7)42(56)49-31(8)40(55)32-20-17-16-18-21-32)51(11)44(58)37(27(2)3)50-43(57)38(28(4)5)52(12)46(61)64-26-47(9,10)66-65-25-33(48)45(59)60/h16-18,20-21,27-31,33-35,37-41,55H,15,19,22-26,48H2,1-14H3,(H,49,56)(H,50,57)(H,59,60)/t29-,30+,31+,33+,34-,35+,37-,38-,39-,40+,41+/m0/s1. The Labute approximate surface area is 401 Å². The molecule has 19 heteroatoms. The third kappa shape index (κ3) is 16.6. The fourth-order valence-corrected chi connectivity index (χ4v) is 10.9. The molecule has 1 heterocycles. The molecular formula is C47H80N6O11S2. The second-order valence-electron chi connectivity index (χ2n) is 18.9. The van der Waals surface area contributed by atoms with Crippen LogP contribution in [0.3, 0.4) is 0 Å². The zero-order valence-electron chi connectivity index (χ0n) is 41.6. The van der Waals surface area contributed by atoms with Crippen molar-refractivity contribution in [3.8, 4) is 0 Å². The molecule has 11 atom stereocenters. The Balaban J connectivity index is 2.23. The summed E-state index contributed by atoms with van der Waals surface area (Å²) < 4.78 is 17.0. The number of nitrogens with zero attached hydrogens (tertiary/aromatic N) is 3. The molecule has 1 aliphatic heterocycles. The highest BCUT2D eigenvalue weighted by Crippen LogP contribution is 2.36. The van der Waals surface area contributed by atoms with Crippen molar-refractivity contribution in [2.45, 2.75) is 154 Å². The Morgan fingerprint density at radius 1 is 0.924 bits per heavy atom. The predicted octanol–water partition coefficient (Wildman–Crippen LogP) is 4.95. The number of carboxylic acid groups (broad SMARTS) is 1. The molecule has 0 radical (unpaired) electrons. The van der Waals surface area contributed by atoms with Gasteiger partial charge in [0.25, 0.3) is 0 Å². The fourth-order valence-electron chi connectivity index (χ4n) is 8.39. The van der Waals surface area contributed by atoms with E-state index in [4.69, 9.17) is 25.1 Å². The molecule has 0 bridgehead atoms. The van der Waals surface area contributed by atoms with Gasteiger partial charge in [0.05, 0.1) is 53.5 Å². The van der Waals surface area contributed by atoms with Crippen molar-refractivity contribution in [1.29, 1.82) is 0 Å². The number of carbonyl (C=O) groups excluding carboxylic acids is 5. The highest BCUT2D eigenvalue weighted by atomic mass is 33.1. The molecule has 1 aliphatic rings. The van der Waals surface area contributed by atoms with Gasteiger partial charge in [0.1, 0.15) is 24.7 Å². The second kappa shape index (κ2) is 27.4. The van der Waals surface area contributed by atoms with E-state index in [2.05, 4.69) is 10.6 Å². The topological polar surface area (TPSA) is 230 Å². The lowest BCUT2D eigenvalue weighted by Gasteiger charge is -2.41. The molecule has 17 nitrogen and oxygen atoms in total. The second-order valence-corrected chi connectivity index (χ2v) is 21.9. The van der Waals surface area contributed by atoms with Crippen LogP contribution in [0.15, 0.2) is 30.3 Å². The number of methoxy groups -OCH3 is 2. The van der Waals surface area contributed by atoms with E-state index in [9.17, 15) is 33.9 Å². The SMILES string of the molecule is CC[C@H](C)[C@@H]([C@@H](CC(=O)N1CCC[C@H]1[C@H](OC)[C@@H](C)C(=O)N[C@H](C)[C@@H](O)c1ccccc1)OC)N(C)C(=O)[C@@H](NC(=O)[C@H](C(C)C)N(C)C(=O)OCC(C)(C)SSC[C@@H](N)C(=O)O)C(C)C. The van der Waals surface area contributed by atoms with Crippen LogP contribution in [0, 0.1) is 23.7 Å². The van der Waals surface area contributed by atoms with Gasteiger partial charge in [-0.25, -0.2) is 4.79 Å². The summed E-state index contributed by atoms with van der Waals surface area (Å²) in [5, 5.41) is 25.8. The van der Waals surface area contributed by atoms with E-state index < -0.39 is 83.2 Å². The highest BCUT2D eigenvalue weighted by Gasteiger charge is 2.44. The number of amides is 5. The van der Waals surface area contributed by atoms with Crippen molar-refractivity contribution in [1.82, 2.24) is 25.3 Å². The summed E-state index contributed by atoms with van der Waals surface area (Å²) in [5.74, 6) is -3.87. The number of likely N-dealkylation sites (tertiary alicyclic amines) is 1. The van der Waals surface area contributed by atoms with Crippen molar-refractivity contribution in [3.63, 3.8) is 0 Å². The molecule has 0 unspecified atom stereocenters. The molecule has 1 fully saturated rings. The maximum absolute atomic E-state index is 14.6. The van der Waals surface area contributed by atoms with Gasteiger partial charge in [-0.15, -0.1) is 0 Å². The van der Waals surface area contributed by atoms with Crippen molar-refractivity contribution in [2.75, 3.05) is 47.2 Å². The van der Waals surface area contributed by atoms with Gasteiger partial charge in [-0.2, -0.15) is 0 Å². The maximum Gasteiger partial charge on any atom is 0.410 e.